The van der Waals surface area contributed by atoms with Crippen molar-refractivity contribution in [1.82, 2.24) is 5.32 Å². The molecule has 0 radical (unpaired) electrons. The summed E-state index contributed by atoms with van der Waals surface area (Å²) >= 11 is 0. The fourth-order valence-electron chi connectivity index (χ4n) is 6.07. The summed E-state index contributed by atoms with van der Waals surface area (Å²) in [5.41, 5.74) is 3.01. The summed E-state index contributed by atoms with van der Waals surface area (Å²) in [5.74, 6) is 1.29. The van der Waals surface area contributed by atoms with Gasteiger partial charge in [-0.2, -0.15) is 0 Å². The predicted molar refractivity (Wildman–Crippen MR) is 138 cm³/mol. The Hall–Kier alpha value is -2.86. The Labute approximate surface area is 208 Å². The average molecular weight is 479 g/mol. The van der Waals surface area contributed by atoms with Crippen molar-refractivity contribution in [3.8, 4) is 11.5 Å². The highest BCUT2D eigenvalue weighted by atomic mass is 16.5. The third-order valence-corrected chi connectivity index (χ3v) is 7.88. The molecular weight excluding hydrogens is 440 g/mol. The van der Waals surface area contributed by atoms with E-state index in [9.17, 15) is 9.59 Å². The fourth-order valence-corrected chi connectivity index (χ4v) is 6.07. The van der Waals surface area contributed by atoms with Gasteiger partial charge in [-0.15, -0.1) is 0 Å². The van der Waals surface area contributed by atoms with Gasteiger partial charge < -0.3 is 20.1 Å². The second kappa shape index (κ2) is 10.4. The van der Waals surface area contributed by atoms with Gasteiger partial charge in [0, 0.05) is 5.56 Å². The number of likely N-dealkylation sites (N-methyl/N-ethyl adjacent to an activating group) is 1. The normalized spacial score (nSPS) is 21.3. The number of nitrogens with one attached hydrogen (secondary N) is 2. The summed E-state index contributed by atoms with van der Waals surface area (Å²) in [6.07, 6.45) is 6.68. The largest absolute Gasteiger partial charge is 0.496 e. The molecule has 2 aromatic rings. The molecule has 0 saturated heterocycles. The lowest BCUT2D eigenvalue weighted by Gasteiger charge is -2.36. The predicted octanol–water partition coefficient (Wildman–Crippen LogP) is 5.36. The van der Waals surface area contributed by atoms with E-state index in [1.807, 2.05) is 51.1 Å². The highest BCUT2D eigenvalue weighted by Crippen LogP contribution is 2.53. The van der Waals surface area contributed by atoms with Crippen molar-refractivity contribution in [3.05, 3.63) is 53.1 Å². The quantitative estimate of drug-likeness (QED) is 0.318. The maximum atomic E-state index is 13.9. The number of carbonyl (C=O) groups excluding carboxylic acids is 2. The number of esters is 1. The van der Waals surface area contributed by atoms with Gasteiger partial charge in [-0.3, -0.25) is 4.79 Å². The van der Waals surface area contributed by atoms with Crippen LogP contribution in [0.4, 0.5) is 5.69 Å². The molecule has 1 aliphatic heterocycles. The molecule has 2 aromatic carbocycles. The van der Waals surface area contributed by atoms with Crippen LogP contribution >= 0.6 is 0 Å². The average Bonchev–Trinajstić information content (AvgIpc) is 2.98. The number of hydrogen-bond donors (Lipinski definition) is 2. The Kier molecular flexibility index (Phi) is 7.50. The van der Waals surface area contributed by atoms with Gasteiger partial charge in [-0.25, -0.2) is 4.79 Å². The Bertz CT molecular complexity index is 1070. The van der Waals surface area contributed by atoms with E-state index < -0.39 is 5.41 Å². The van der Waals surface area contributed by atoms with Gasteiger partial charge >= 0.3 is 5.97 Å². The lowest BCUT2D eigenvalue weighted by Crippen LogP contribution is -2.43. The molecule has 1 saturated carbocycles. The second-order valence-corrected chi connectivity index (χ2v) is 10.2. The first-order valence-corrected chi connectivity index (χ1v) is 12.8. The topological polar surface area (TPSA) is 76.7 Å². The van der Waals surface area contributed by atoms with Crippen molar-refractivity contribution < 1.29 is 19.1 Å². The van der Waals surface area contributed by atoms with E-state index in [2.05, 4.69) is 16.7 Å². The first-order valence-electron chi connectivity index (χ1n) is 12.8. The van der Waals surface area contributed by atoms with Gasteiger partial charge in [0.2, 0.25) is 5.91 Å². The van der Waals surface area contributed by atoms with Crippen molar-refractivity contribution in [2.24, 2.45) is 11.8 Å². The summed E-state index contributed by atoms with van der Waals surface area (Å²) in [7, 11) is 3.42. The van der Waals surface area contributed by atoms with E-state index in [1.165, 1.54) is 12.8 Å². The van der Waals surface area contributed by atoms with E-state index >= 15 is 0 Å². The zero-order chi connectivity index (χ0) is 25.2. The molecule has 1 heterocycles. The minimum absolute atomic E-state index is 0.0237. The summed E-state index contributed by atoms with van der Waals surface area (Å²) < 4.78 is 11.2. The van der Waals surface area contributed by atoms with Crippen molar-refractivity contribution in [2.75, 3.05) is 19.5 Å². The van der Waals surface area contributed by atoms with E-state index in [0.29, 0.717) is 5.75 Å². The number of fused-ring (bicyclic) bond motifs is 1. The molecule has 0 spiro atoms. The van der Waals surface area contributed by atoms with Gasteiger partial charge in [-0.05, 0) is 68.0 Å². The number of hydrogen-bond acceptors (Lipinski definition) is 5. The van der Waals surface area contributed by atoms with Crippen LogP contribution in [-0.4, -0.2) is 32.1 Å². The Morgan fingerprint density at radius 1 is 1.06 bits per heavy atom. The Morgan fingerprint density at radius 3 is 2.29 bits per heavy atom. The number of ether oxygens (including phenoxy) is 2. The monoisotopic (exact) mass is 478 g/mol. The highest BCUT2D eigenvalue weighted by Gasteiger charge is 2.53. The molecular formula is C29H38N2O4. The molecule has 1 aliphatic carbocycles. The number of carbonyl (C=O) groups is 2. The van der Waals surface area contributed by atoms with Crippen LogP contribution in [0.3, 0.4) is 0 Å². The summed E-state index contributed by atoms with van der Waals surface area (Å²) in [6.45, 7) is 5.96. The van der Waals surface area contributed by atoms with Gasteiger partial charge in [0.1, 0.15) is 23.0 Å². The molecule has 35 heavy (non-hydrogen) atoms. The van der Waals surface area contributed by atoms with Gasteiger partial charge in [0.05, 0.1) is 12.8 Å². The molecule has 2 N–H and O–H groups in total. The number of benzene rings is 2. The van der Waals surface area contributed by atoms with Crippen LogP contribution < -0.4 is 20.1 Å². The number of methoxy groups -OCH3 is 1. The molecule has 1 fully saturated rings. The molecule has 188 valence electrons. The molecule has 6 nitrogen and oxygen atoms in total. The Balaban J connectivity index is 1.77. The molecule has 2 aliphatic rings. The van der Waals surface area contributed by atoms with Crippen LogP contribution in [0.5, 0.6) is 11.5 Å². The van der Waals surface area contributed by atoms with Crippen LogP contribution in [0.25, 0.3) is 0 Å². The van der Waals surface area contributed by atoms with Gasteiger partial charge in [0.25, 0.3) is 0 Å². The number of rotatable bonds is 7. The van der Waals surface area contributed by atoms with Crippen LogP contribution in [0.2, 0.25) is 0 Å². The van der Waals surface area contributed by atoms with Crippen molar-refractivity contribution >= 4 is 17.6 Å². The van der Waals surface area contributed by atoms with E-state index in [0.717, 1.165) is 53.8 Å². The minimum atomic E-state index is -0.773. The molecule has 1 unspecified atom stereocenters. The molecule has 6 heteroatoms. The first kappa shape index (κ1) is 25.2. The summed E-state index contributed by atoms with van der Waals surface area (Å²) in [5, 5.41) is 6.24. The molecule has 2 atom stereocenters. The lowest BCUT2D eigenvalue weighted by atomic mass is 9.64. The molecule has 1 amide bonds. The molecule has 0 aromatic heterocycles. The SMILES string of the molecule is CN[C@H](C(=O)Oc1ccc(C2(C3CCCCCC3)C(=O)Nc3c2ccc(OC)c3C)cc1)C(C)C. The maximum absolute atomic E-state index is 13.9. The summed E-state index contributed by atoms with van der Waals surface area (Å²) in [4.78, 5) is 26.6. The second-order valence-electron chi connectivity index (χ2n) is 10.2. The zero-order valence-electron chi connectivity index (χ0n) is 21.6. The standard InChI is InChI=1S/C29H38N2O4/c1-18(2)25(30-4)27(32)35-22-14-12-21(13-15-22)29(20-10-8-6-7-9-11-20)23-16-17-24(34-5)19(3)26(23)31-28(29)33/h12-18,20,25,30H,6-11H2,1-5H3,(H,31,33)/t25-,29?/m0/s1. The number of amides is 1. The van der Waals surface area contributed by atoms with Crippen molar-refractivity contribution in [3.63, 3.8) is 0 Å². The van der Waals surface area contributed by atoms with Crippen molar-refractivity contribution in [1.29, 1.82) is 0 Å². The van der Waals surface area contributed by atoms with Crippen molar-refractivity contribution in [2.45, 2.75) is 70.8 Å². The smallest absolute Gasteiger partial charge is 0.328 e. The first-order chi connectivity index (χ1) is 16.8. The molecule has 4 rings (SSSR count). The van der Waals surface area contributed by atoms with E-state index in [-0.39, 0.29) is 29.8 Å². The third-order valence-electron chi connectivity index (χ3n) is 7.88. The van der Waals surface area contributed by atoms with Gasteiger partial charge in [-0.1, -0.05) is 57.7 Å². The van der Waals surface area contributed by atoms with E-state index in [4.69, 9.17) is 9.47 Å². The van der Waals surface area contributed by atoms with Gasteiger partial charge in [0.15, 0.2) is 0 Å². The van der Waals surface area contributed by atoms with Crippen LogP contribution in [0.15, 0.2) is 36.4 Å². The third kappa shape index (κ3) is 4.44. The van der Waals surface area contributed by atoms with Crippen LogP contribution in [0.1, 0.15) is 69.1 Å². The number of anilines is 1. The molecule has 0 bridgehead atoms. The fraction of sp³-hybridized carbons (Fsp3) is 0.517. The van der Waals surface area contributed by atoms with E-state index in [1.54, 1.807) is 14.2 Å². The lowest BCUT2D eigenvalue weighted by molar-refractivity contribution is -0.137. The van der Waals surface area contributed by atoms with Crippen LogP contribution in [-0.2, 0) is 15.0 Å². The van der Waals surface area contributed by atoms with Crippen LogP contribution in [0, 0.1) is 18.8 Å². The maximum Gasteiger partial charge on any atom is 0.328 e. The Morgan fingerprint density at radius 2 is 1.71 bits per heavy atom. The minimum Gasteiger partial charge on any atom is -0.496 e. The zero-order valence-corrected chi connectivity index (χ0v) is 21.6. The summed E-state index contributed by atoms with van der Waals surface area (Å²) in [6, 6.07) is 11.2. The highest BCUT2D eigenvalue weighted by molar-refractivity contribution is 6.10.